The summed E-state index contributed by atoms with van der Waals surface area (Å²) in [6.07, 6.45) is 0. The molecule has 0 atom stereocenters. The van der Waals surface area contributed by atoms with Crippen LogP contribution < -0.4 is 5.56 Å². The summed E-state index contributed by atoms with van der Waals surface area (Å²) in [4.78, 5) is 25.8. The third kappa shape index (κ3) is 1.40. The summed E-state index contributed by atoms with van der Waals surface area (Å²) in [5, 5.41) is 18.3. The zero-order valence-corrected chi connectivity index (χ0v) is 8.34. The summed E-state index contributed by atoms with van der Waals surface area (Å²) >= 11 is 0. The smallest absolute Gasteiger partial charge is 0.354 e. The number of fused-ring (bicyclic) bond motifs is 1. The van der Waals surface area contributed by atoms with Crippen molar-refractivity contribution in [1.82, 2.24) is 9.55 Å². The van der Waals surface area contributed by atoms with Crippen LogP contribution in [0.25, 0.3) is 11.0 Å². The van der Waals surface area contributed by atoms with Gasteiger partial charge in [0.05, 0.1) is 5.52 Å². The number of carbonyl (C=O) groups is 1. The van der Waals surface area contributed by atoms with Crippen molar-refractivity contribution in [3.05, 3.63) is 34.2 Å². The number of pyridine rings is 2. The van der Waals surface area contributed by atoms with Gasteiger partial charge in [0.15, 0.2) is 0 Å². The Morgan fingerprint density at radius 2 is 2.12 bits per heavy atom. The first-order chi connectivity index (χ1) is 7.50. The molecular formula is C10H8N2O4. The van der Waals surface area contributed by atoms with E-state index in [-0.39, 0.29) is 22.5 Å². The lowest BCUT2D eigenvalue weighted by molar-refractivity contribution is 0.0691. The van der Waals surface area contributed by atoms with Crippen LogP contribution in [-0.2, 0) is 7.05 Å². The summed E-state index contributed by atoms with van der Waals surface area (Å²) in [7, 11) is 1.52. The van der Waals surface area contributed by atoms with Gasteiger partial charge in [-0.2, -0.15) is 0 Å². The van der Waals surface area contributed by atoms with E-state index in [0.29, 0.717) is 5.52 Å². The van der Waals surface area contributed by atoms with Gasteiger partial charge < -0.3 is 14.8 Å². The molecule has 2 aromatic heterocycles. The molecule has 0 aliphatic carbocycles. The maximum absolute atomic E-state index is 11.3. The molecule has 0 saturated carbocycles. The molecule has 82 valence electrons. The zero-order chi connectivity index (χ0) is 11.9. The molecule has 6 heteroatoms. The molecule has 2 rings (SSSR count). The van der Waals surface area contributed by atoms with Crippen LogP contribution >= 0.6 is 0 Å². The third-order valence-electron chi connectivity index (χ3n) is 2.29. The molecule has 2 N–H and O–H groups in total. The largest absolute Gasteiger partial charge is 0.505 e. The van der Waals surface area contributed by atoms with Gasteiger partial charge in [-0.1, -0.05) is 0 Å². The van der Waals surface area contributed by atoms with Crippen molar-refractivity contribution in [1.29, 1.82) is 0 Å². The minimum atomic E-state index is -1.19. The lowest BCUT2D eigenvalue weighted by Crippen LogP contribution is -2.16. The van der Waals surface area contributed by atoms with Crippen LogP contribution in [0, 0.1) is 0 Å². The lowest BCUT2D eigenvalue weighted by Gasteiger charge is -2.05. The highest BCUT2D eigenvalue weighted by atomic mass is 16.4. The first kappa shape index (κ1) is 10.2. The predicted molar refractivity (Wildman–Crippen MR) is 55.6 cm³/mol. The quantitative estimate of drug-likeness (QED) is 0.722. The Bertz CT molecular complexity index is 645. The van der Waals surface area contributed by atoms with Crippen LogP contribution in [0.2, 0.25) is 0 Å². The van der Waals surface area contributed by atoms with E-state index < -0.39 is 5.97 Å². The molecule has 0 amide bonds. The van der Waals surface area contributed by atoms with Crippen molar-refractivity contribution >= 4 is 17.0 Å². The molecule has 0 aliphatic rings. The minimum Gasteiger partial charge on any atom is -0.505 e. The number of aromatic carboxylic acids is 1. The second-order valence-corrected chi connectivity index (χ2v) is 3.30. The van der Waals surface area contributed by atoms with Gasteiger partial charge in [-0.25, -0.2) is 9.78 Å². The van der Waals surface area contributed by atoms with Gasteiger partial charge >= 0.3 is 5.97 Å². The number of hydrogen-bond acceptors (Lipinski definition) is 4. The monoisotopic (exact) mass is 220 g/mol. The average molecular weight is 220 g/mol. The van der Waals surface area contributed by atoms with E-state index in [1.54, 1.807) is 0 Å². The first-order valence-corrected chi connectivity index (χ1v) is 4.44. The molecule has 0 bridgehead atoms. The summed E-state index contributed by atoms with van der Waals surface area (Å²) in [6, 6.07) is 3.72. The average Bonchev–Trinajstić information content (AvgIpc) is 2.25. The van der Waals surface area contributed by atoms with Crippen LogP contribution in [0.15, 0.2) is 23.0 Å². The number of carboxylic acids is 1. The Labute approximate surface area is 89.4 Å². The molecular weight excluding hydrogens is 212 g/mol. The number of carboxylic acid groups (broad SMARTS) is 1. The Hall–Kier alpha value is -2.37. The normalized spacial score (nSPS) is 10.6. The van der Waals surface area contributed by atoms with E-state index >= 15 is 0 Å². The van der Waals surface area contributed by atoms with Crippen LogP contribution in [0.4, 0.5) is 0 Å². The Morgan fingerprint density at radius 1 is 1.44 bits per heavy atom. The SMILES string of the molecule is Cn1c(=O)cc(O)c2nc(C(=O)O)ccc21. The minimum absolute atomic E-state index is 0.0991. The summed E-state index contributed by atoms with van der Waals surface area (Å²) in [6.45, 7) is 0. The number of aromatic nitrogens is 2. The number of aromatic hydroxyl groups is 1. The number of hydrogen-bond donors (Lipinski definition) is 2. The van der Waals surface area contributed by atoms with E-state index in [1.165, 1.54) is 23.7 Å². The molecule has 2 heterocycles. The second kappa shape index (κ2) is 3.34. The Balaban J connectivity index is 2.90. The molecule has 0 aliphatic heterocycles. The van der Waals surface area contributed by atoms with Crippen molar-refractivity contribution in [2.75, 3.05) is 0 Å². The molecule has 0 spiro atoms. The first-order valence-electron chi connectivity index (χ1n) is 4.44. The van der Waals surface area contributed by atoms with Crippen molar-refractivity contribution in [2.24, 2.45) is 7.05 Å². The molecule has 0 saturated heterocycles. The van der Waals surface area contributed by atoms with Crippen LogP contribution in [0.5, 0.6) is 5.75 Å². The molecule has 16 heavy (non-hydrogen) atoms. The number of nitrogens with zero attached hydrogens (tertiary/aromatic N) is 2. The van der Waals surface area contributed by atoms with Crippen LogP contribution in [0.3, 0.4) is 0 Å². The molecule has 0 radical (unpaired) electrons. The number of rotatable bonds is 1. The topological polar surface area (TPSA) is 92.4 Å². The number of aryl methyl sites for hydroxylation is 1. The second-order valence-electron chi connectivity index (χ2n) is 3.30. The van der Waals surface area contributed by atoms with E-state index in [2.05, 4.69) is 4.98 Å². The lowest BCUT2D eigenvalue weighted by atomic mass is 10.2. The highest BCUT2D eigenvalue weighted by Crippen LogP contribution is 2.19. The van der Waals surface area contributed by atoms with Crippen molar-refractivity contribution in [2.45, 2.75) is 0 Å². The zero-order valence-electron chi connectivity index (χ0n) is 8.34. The van der Waals surface area contributed by atoms with Crippen molar-refractivity contribution in [3.63, 3.8) is 0 Å². The summed E-state index contributed by atoms with van der Waals surface area (Å²) in [5.41, 5.74) is -0.0756. The van der Waals surface area contributed by atoms with E-state index in [9.17, 15) is 14.7 Å². The highest BCUT2D eigenvalue weighted by Gasteiger charge is 2.11. The summed E-state index contributed by atoms with van der Waals surface area (Å²) in [5.74, 6) is -1.50. The Kier molecular flexibility index (Phi) is 2.12. The van der Waals surface area contributed by atoms with Gasteiger partial charge in [0.1, 0.15) is 17.0 Å². The van der Waals surface area contributed by atoms with Gasteiger partial charge in [0.2, 0.25) is 0 Å². The van der Waals surface area contributed by atoms with Crippen molar-refractivity contribution in [3.8, 4) is 5.75 Å². The van der Waals surface area contributed by atoms with Crippen LogP contribution in [0.1, 0.15) is 10.5 Å². The standard InChI is InChI=1S/C10H8N2O4/c1-12-6-3-2-5(10(15)16)11-9(6)7(13)4-8(12)14/h2-4,13H,1H3,(H,15,16). The maximum Gasteiger partial charge on any atom is 0.354 e. The fourth-order valence-electron chi connectivity index (χ4n) is 1.43. The molecule has 0 unspecified atom stereocenters. The molecule has 0 fully saturated rings. The Morgan fingerprint density at radius 3 is 2.75 bits per heavy atom. The van der Waals surface area contributed by atoms with Gasteiger partial charge in [-0.05, 0) is 12.1 Å². The van der Waals surface area contributed by atoms with E-state index in [4.69, 9.17) is 5.11 Å². The van der Waals surface area contributed by atoms with Gasteiger partial charge in [0, 0.05) is 13.1 Å². The van der Waals surface area contributed by atoms with Gasteiger partial charge in [0.25, 0.3) is 5.56 Å². The van der Waals surface area contributed by atoms with Crippen molar-refractivity contribution < 1.29 is 15.0 Å². The fourth-order valence-corrected chi connectivity index (χ4v) is 1.43. The van der Waals surface area contributed by atoms with Crippen LogP contribution in [-0.4, -0.2) is 25.7 Å². The van der Waals surface area contributed by atoms with Gasteiger partial charge in [-0.3, -0.25) is 4.79 Å². The molecule has 6 nitrogen and oxygen atoms in total. The third-order valence-corrected chi connectivity index (χ3v) is 2.29. The van der Waals surface area contributed by atoms with E-state index in [0.717, 1.165) is 6.07 Å². The summed E-state index contributed by atoms with van der Waals surface area (Å²) < 4.78 is 1.29. The predicted octanol–water partition coefficient (Wildman–Crippen LogP) is 0.337. The molecule has 2 aromatic rings. The molecule has 0 aromatic carbocycles. The van der Waals surface area contributed by atoms with Gasteiger partial charge in [-0.15, -0.1) is 0 Å². The fraction of sp³-hybridized carbons (Fsp3) is 0.100. The maximum atomic E-state index is 11.3. The highest BCUT2D eigenvalue weighted by molar-refractivity contribution is 5.90. The van der Waals surface area contributed by atoms with E-state index in [1.807, 2.05) is 0 Å².